The zero-order valence-corrected chi connectivity index (χ0v) is 15.2. The molecule has 0 saturated carbocycles. The van der Waals surface area contributed by atoms with Gasteiger partial charge in [0.05, 0.1) is 14.2 Å². The smallest absolute Gasteiger partial charge is 0.262 e. The molecule has 0 spiro atoms. The maximum atomic E-state index is 12.2. The van der Waals surface area contributed by atoms with Gasteiger partial charge in [-0.05, 0) is 42.8 Å². The number of rotatable bonds is 7. The molecule has 2 aromatic carbocycles. The lowest BCUT2D eigenvalue weighted by Gasteiger charge is -2.15. The number of hydrogen-bond donors (Lipinski definition) is 2. The van der Waals surface area contributed by atoms with E-state index in [9.17, 15) is 9.59 Å². The highest BCUT2D eigenvalue weighted by molar-refractivity contribution is 5.97. The summed E-state index contributed by atoms with van der Waals surface area (Å²) in [6.45, 7) is 1.67. The number of benzene rings is 2. The van der Waals surface area contributed by atoms with Gasteiger partial charge in [-0.15, -0.1) is 0 Å². The fourth-order valence-corrected chi connectivity index (χ4v) is 2.37. The first-order valence-corrected chi connectivity index (χ1v) is 7.96. The number of ether oxygens (including phenoxy) is 3. The van der Waals surface area contributed by atoms with E-state index < -0.39 is 0 Å². The van der Waals surface area contributed by atoms with Crippen molar-refractivity contribution in [3.8, 4) is 17.2 Å². The van der Waals surface area contributed by atoms with Gasteiger partial charge in [-0.3, -0.25) is 9.59 Å². The van der Waals surface area contributed by atoms with Crippen LogP contribution in [0.25, 0.3) is 0 Å². The summed E-state index contributed by atoms with van der Waals surface area (Å²) in [6.07, 6.45) is 0. The molecule has 0 aliphatic carbocycles. The normalized spacial score (nSPS) is 10.0. The average molecular weight is 358 g/mol. The molecule has 2 N–H and O–H groups in total. The number of carbonyl (C=O) groups excluding carboxylic acids is 2. The van der Waals surface area contributed by atoms with Gasteiger partial charge in [0.1, 0.15) is 0 Å². The summed E-state index contributed by atoms with van der Waals surface area (Å²) in [5, 5.41) is 5.23. The molecule has 7 nitrogen and oxygen atoms in total. The lowest BCUT2D eigenvalue weighted by molar-refractivity contribution is -0.118. The van der Waals surface area contributed by atoms with Crippen LogP contribution in [0, 0.1) is 6.92 Å². The molecule has 0 fully saturated rings. The molecule has 0 aliphatic heterocycles. The number of hydrogen-bond acceptors (Lipinski definition) is 5. The van der Waals surface area contributed by atoms with E-state index in [4.69, 9.17) is 14.2 Å². The van der Waals surface area contributed by atoms with Crippen molar-refractivity contribution in [3.05, 3.63) is 47.5 Å². The van der Waals surface area contributed by atoms with Gasteiger partial charge < -0.3 is 24.8 Å². The van der Waals surface area contributed by atoms with Crippen LogP contribution in [-0.2, 0) is 4.79 Å². The summed E-state index contributed by atoms with van der Waals surface area (Å²) in [7, 11) is 4.58. The van der Waals surface area contributed by atoms with Crippen molar-refractivity contribution >= 4 is 17.5 Å². The van der Waals surface area contributed by atoms with Crippen molar-refractivity contribution in [1.29, 1.82) is 0 Å². The minimum atomic E-state index is -0.372. The van der Waals surface area contributed by atoms with Gasteiger partial charge >= 0.3 is 0 Å². The van der Waals surface area contributed by atoms with Crippen molar-refractivity contribution in [1.82, 2.24) is 5.32 Å². The number of methoxy groups -OCH3 is 2. The number of carbonyl (C=O) groups is 2. The Morgan fingerprint density at radius 1 is 1.04 bits per heavy atom. The van der Waals surface area contributed by atoms with Crippen LogP contribution in [0.15, 0.2) is 36.4 Å². The second kappa shape index (κ2) is 8.75. The zero-order valence-electron chi connectivity index (χ0n) is 15.2. The second-order valence-electron chi connectivity index (χ2n) is 5.50. The van der Waals surface area contributed by atoms with E-state index >= 15 is 0 Å². The molecule has 0 saturated heterocycles. The first-order valence-electron chi connectivity index (χ1n) is 7.96. The fraction of sp³-hybridized carbons (Fsp3) is 0.263. The van der Waals surface area contributed by atoms with Crippen molar-refractivity contribution in [2.75, 3.05) is 33.2 Å². The van der Waals surface area contributed by atoms with Gasteiger partial charge in [0.25, 0.3) is 11.8 Å². The molecular weight excluding hydrogens is 336 g/mol. The Morgan fingerprint density at radius 3 is 2.27 bits per heavy atom. The van der Waals surface area contributed by atoms with E-state index in [2.05, 4.69) is 10.6 Å². The van der Waals surface area contributed by atoms with E-state index in [-0.39, 0.29) is 18.4 Å². The largest absolute Gasteiger partial charge is 0.493 e. The maximum absolute atomic E-state index is 12.2. The topological polar surface area (TPSA) is 85.9 Å². The van der Waals surface area contributed by atoms with Crippen molar-refractivity contribution < 1.29 is 23.8 Å². The summed E-state index contributed by atoms with van der Waals surface area (Å²) in [4.78, 5) is 23.8. The number of aryl methyl sites for hydroxylation is 1. The van der Waals surface area contributed by atoms with E-state index in [1.165, 1.54) is 14.2 Å². The van der Waals surface area contributed by atoms with Gasteiger partial charge in [-0.1, -0.05) is 6.07 Å². The average Bonchev–Trinajstić information content (AvgIpc) is 2.65. The van der Waals surface area contributed by atoms with Gasteiger partial charge in [-0.2, -0.15) is 0 Å². The number of amides is 2. The van der Waals surface area contributed by atoms with Gasteiger partial charge in [0, 0.05) is 18.3 Å². The van der Waals surface area contributed by atoms with Gasteiger partial charge in [-0.25, -0.2) is 0 Å². The third-order valence-electron chi connectivity index (χ3n) is 3.59. The predicted octanol–water partition coefficient (Wildman–Crippen LogP) is 2.39. The molecule has 0 aliphatic rings. The van der Waals surface area contributed by atoms with Crippen LogP contribution < -0.4 is 24.8 Å². The molecule has 0 unspecified atom stereocenters. The first-order chi connectivity index (χ1) is 12.5. The summed E-state index contributed by atoms with van der Waals surface area (Å²) in [5.74, 6) is 0.720. The summed E-state index contributed by atoms with van der Waals surface area (Å²) < 4.78 is 16.2. The Labute approximate surface area is 152 Å². The third kappa shape index (κ3) is 4.66. The summed E-state index contributed by atoms with van der Waals surface area (Å²) in [5.41, 5.74) is 1.90. The van der Waals surface area contributed by atoms with E-state index in [1.807, 2.05) is 6.92 Å². The van der Waals surface area contributed by atoms with Crippen LogP contribution in [0.4, 0.5) is 5.69 Å². The number of nitrogens with one attached hydrogen (secondary N) is 2. The molecule has 138 valence electrons. The Kier molecular flexibility index (Phi) is 6.43. The standard InChI is InChI=1S/C19H22N2O5/c1-12-8-15(24-3)18(16(9-12)25-4)26-11-17(22)21-14-7-5-6-13(10-14)19(23)20-2/h5-10H,11H2,1-4H3,(H,20,23)(H,21,22). The summed E-state index contributed by atoms with van der Waals surface area (Å²) in [6, 6.07) is 10.2. The highest BCUT2D eigenvalue weighted by Gasteiger charge is 2.15. The zero-order chi connectivity index (χ0) is 19.1. The molecule has 0 heterocycles. The molecule has 26 heavy (non-hydrogen) atoms. The molecule has 2 aromatic rings. The minimum Gasteiger partial charge on any atom is -0.493 e. The molecule has 2 amide bonds. The third-order valence-corrected chi connectivity index (χ3v) is 3.59. The van der Waals surface area contributed by atoms with Crippen molar-refractivity contribution in [3.63, 3.8) is 0 Å². The monoisotopic (exact) mass is 358 g/mol. The van der Waals surface area contributed by atoms with Crippen LogP contribution in [0.1, 0.15) is 15.9 Å². The maximum Gasteiger partial charge on any atom is 0.262 e. The van der Waals surface area contributed by atoms with E-state index in [0.29, 0.717) is 28.5 Å². The van der Waals surface area contributed by atoms with E-state index in [0.717, 1.165) is 5.56 Å². The Balaban J connectivity index is 2.07. The van der Waals surface area contributed by atoms with Crippen LogP contribution >= 0.6 is 0 Å². The van der Waals surface area contributed by atoms with Gasteiger partial charge in [0.2, 0.25) is 5.75 Å². The highest BCUT2D eigenvalue weighted by atomic mass is 16.5. The summed E-state index contributed by atoms with van der Waals surface area (Å²) >= 11 is 0. The number of anilines is 1. The quantitative estimate of drug-likeness (QED) is 0.794. The van der Waals surface area contributed by atoms with E-state index in [1.54, 1.807) is 43.4 Å². The van der Waals surface area contributed by atoms with Crippen molar-refractivity contribution in [2.24, 2.45) is 0 Å². The Morgan fingerprint density at radius 2 is 1.69 bits per heavy atom. The molecular formula is C19H22N2O5. The highest BCUT2D eigenvalue weighted by Crippen LogP contribution is 2.38. The molecule has 7 heteroatoms. The van der Waals surface area contributed by atoms with Crippen LogP contribution in [0.5, 0.6) is 17.2 Å². The molecule has 0 radical (unpaired) electrons. The molecule has 2 rings (SSSR count). The SMILES string of the molecule is CNC(=O)c1cccc(NC(=O)COc2c(OC)cc(C)cc2OC)c1. The lowest BCUT2D eigenvalue weighted by atomic mass is 10.2. The van der Waals surface area contributed by atoms with Crippen LogP contribution in [-0.4, -0.2) is 39.7 Å². The second-order valence-corrected chi connectivity index (χ2v) is 5.50. The molecule has 0 atom stereocenters. The van der Waals surface area contributed by atoms with Gasteiger partial charge in [0.15, 0.2) is 18.1 Å². The predicted molar refractivity (Wildman–Crippen MR) is 98.2 cm³/mol. The first kappa shape index (κ1) is 19.1. The van der Waals surface area contributed by atoms with Crippen LogP contribution in [0.2, 0.25) is 0 Å². The molecule has 0 bridgehead atoms. The molecule has 0 aromatic heterocycles. The Hall–Kier alpha value is -3.22. The Bertz CT molecular complexity index is 779. The van der Waals surface area contributed by atoms with Crippen molar-refractivity contribution in [2.45, 2.75) is 6.92 Å². The minimum absolute atomic E-state index is 0.230. The fourth-order valence-electron chi connectivity index (χ4n) is 2.37. The van der Waals surface area contributed by atoms with Crippen LogP contribution in [0.3, 0.4) is 0 Å². The lowest BCUT2D eigenvalue weighted by Crippen LogP contribution is -2.21.